The Bertz CT molecular complexity index is 485. The van der Waals surface area contributed by atoms with Crippen LogP contribution in [-0.2, 0) is 9.59 Å². The number of aliphatic hydroxyl groups is 3. The molecule has 4 atom stereocenters. The first-order chi connectivity index (χ1) is 12.5. The Labute approximate surface area is 155 Å². The molecule has 0 saturated heterocycles. The van der Waals surface area contributed by atoms with Crippen molar-refractivity contribution in [2.75, 3.05) is 6.61 Å². The molecule has 0 heterocycles. The van der Waals surface area contributed by atoms with Gasteiger partial charge in [-0.25, -0.2) is 0 Å². The number of carboxylic acid groups (broad SMARTS) is 1. The molecule has 6 nitrogen and oxygen atoms in total. The van der Waals surface area contributed by atoms with Crippen LogP contribution in [0, 0.1) is 11.8 Å². The zero-order valence-electron chi connectivity index (χ0n) is 15.3. The molecular formula is C20H32O6. The third kappa shape index (κ3) is 8.74. The van der Waals surface area contributed by atoms with E-state index in [1.165, 1.54) is 0 Å². The maximum Gasteiger partial charge on any atom is 0.303 e. The van der Waals surface area contributed by atoms with Crippen LogP contribution in [0.4, 0.5) is 0 Å². The van der Waals surface area contributed by atoms with Gasteiger partial charge < -0.3 is 20.4 Å². The van der Waals surface area contributed by atoms with Gasteiger partial charge in [0, 0.05) is 31.3 Å². The van der Waals surface area contributed by atoms with Gasteiger partial charge >= 0.3 is 5.97 Å². The summed E-state index contributed by atoms with van der Waals surface area (Å²) in [6.07, 6.45) is 10.9. The summed E-state index contributed by atoms with van der Waals surface area (Å²) in [6, 6.07) is 0. The number of carboxylic acids is 1. The Hall–Kier alpha value is -1.50. The van der Waals surface area contributed by atoms with Crippen molar-refractivity contribution in [3.8, 4) is 0 Å². The largest absolute Gasteiger partial charge is 0.481 e. The van der Waals surface area contributed by atoms with Gasteiger partial charge in [-0.3, -0.25) is 9.59 Å². The van der Waals surface area contributed by atoms with E-state index in [2.05, 4.69) is 0 Å². The molecule has 0 amide bonds. The zero-order valence-corrected chi connectivity index (χ0v) is 15.3. The second-order valence-electron chi connectivity index (χ2n) is 6.94. The lowest BCUT2D eigenvalue weighted by atomic mass is 9.90. The van der Waals surface area contributed by atoms with Crippen LogP contribution in [0.15, 0.2) is 24.3 Å². The fraction of sp³-hybridized carbons (Fsp3) is 0.700. The Morgan fingerprint density at radius 1 is 1.19 bits per heavy atom. The predicted molar refractivity (Wildman–Crippen MR) is 98.6 cm³/mol. The van der Waals surface area contributed by atoms with Gasteiger partial charge in [-0.1, -0.05) is 37.1 Å². The average Bonchev–Trinajstić information content (AvgIpc) is 2.85. The minimum Gasteiger partial charge on any atom is -0.481 e. The molecule has 1 saturated carbocycles. The monoisotopic (exact) mass is 368 g/mol. The number of hydrogen-bond acceptors (Lipinski definition) is 5. The van der Waals surface area contributed by atoms with Crippen LogP contribution in [-0.4, -0.2) is 51.0 Å². The van der Waals surface area contributed by atoms with Gasteiger partial charge in [-0.2, -0.15) is 0 Å². The summed E-state index contributed by atoms with van der Waals surface area (Å²) in [7, 11) is 0. The number of aliphatic hydroxyl groups excluding tert-OH is 3. The molecule has 1 aliphatic carbocycles. The number of allylic oxidation sites excluding steroid dienone is 2. The van der Waals surface area contributed by atoms with Crippen molar-refractivity contribution in [3.63, 3.8) is 0 Å². The highest BCUT2D eigenvalue weighted by molar-refractivity contribution is 5.84. The lowest BCUT2D eigenvalue weighted by Crippen LogP contribution is -2.18. The zero-order chi connectivity index (χ0) is 19.4. The molecule has 0 radical (unpaired) electrons. The fourth-order valence-electron chi connectivity index (χ4n) is 3.25. The van der Waals surface area contributed by atoms with Crippen LogP contribution in [0.5, 0.6) is 0 Å². The highest BCUT2D eigenvalue weighted by Crippen LogP contribution is 2.33. The SMILES string of the molecule is O=C(O)CCC/C=C\C[C@@H]1C(=O)C[C@@H](O)[C@@H]1/C=C/[C@@H](O)CCCCCO. The van der Waals surface area contributed by atoms with Crippen LogP contribution in [0.2, 0.25) is 0 Å². The third-order valence-electron chi connectivity index (χ3n) is 4.76. The summed E-state index contributed by atoms with van der Waals surface area (Å²) in [6.45, 7) is 0.161. The fourth-order valence-corrected chi connectivity index (χ4v) is 3.25. The number of carbonyl (C=O) groups excluding carboxylic acids is 1. The van der Waals surface area contributed by atoms with Gasteiger partial charge in [-0.05, 0) is 32.1 Å². The van der Waals surface area contributed by atoms with Gasteiger partial charge in [0.1, 0.15) is 5.78 Å². The van der Waals surface area contributed by atoms with Crippen molar-refractivity contribution in [2.45, 2.75) is 70.0 Å². The molecule has 148 valence electrons. The van der Waals surface area contributed by atoms with Crippen molar-refractivity contribution < 1.29 is 30.0 Å². The van der Waals surface area contributed by atoms with Crippen LogP contribution in [0.1, 0.15) is 57.8 Å². The lowest BCUT2D eigenvalue weighted by molar-refractivity contribution is -0.137. The van der Waals surface area contributed by atoms with Crippen molar-refractivity contribution >= 4 is 11.8 Å². The number of rotatable bonds is 13. The van der Waals surface area contributed by atoms with Crippen LogP contribution in [0.3, 0.4) is 0 Å². The van der Waals surface area contributed by atoms with E-state index in [9.17, 15) is 19.8 Å². The highest BCUT2D eigenvalue weighted by atomic mass is 16.4. The van der Waals surface area contributed by atoms with Crippen molar-refractivity contribution in [2.24, 2.45) is 11.8 Å². The normalized spacial score (nSPS) is 24.7. The molecule has 0 unspecified atom stereocenters. The Kier molecular flexibility index (Phi) is 11.1. The predicted octanol–water partition coefficient (Wildman–Crippen LogP) is 2.22. The highest BCUT2D eigenvalue weighted by Gasteiger charge is 2.39. The Morgan fingerprint density at radius 2 is 1.96 bits per heavy atom. The second-order valence-corrected chi connectivity index (χ2v) is 6.94. The molecular weight excluding hydrogens is 336 g/mol. The summed E-state index contributed by atoms with van der Waals surface area (Å²) < 4.78 is 0. The maximum atomic E-state index is 12.1. The standard InChI is InChI=1S/C20H32O6/c21-13-7-3-4-8-15(22)11-12-17-16(18(23)14-19(17)24)9-5-1-2-6-10-20(25)26/h1,5,11-12,15-17,19,21-22,24H,2-4,6-10,13-14H2,(H,25,26)/b5-1-,12-11+/t15-,16-,17+,19+/m0/s1. The average molecular weight is 368 g/mol. The van der Waals surface area contributed by atoms with Crippen molar-refractivity contribution in [3.05, 3.63) is 24.3 Å². The maximum absolute atomic E-state index is 12.1. The first kappa shape index (κ1) is 22.5. The summed E-state index contributed by atoms with van der Waals surface area (Å²) in [4.78, 5) is 22.6. The van der Waals surface area contributed by atoms with Gasteiger partial charge in [0.25, 0.3) is 0 Å². The molecule has 0 bridgehead atoms. The molecule has 1 aliphatic rings. The molecule has 4 N–H and O–H groups in total. The summed E-state index contributed by atoms with van der Waals surface area (Å²) in [5.74, 6) is -1.37. The molecule has 6 heteroatoms. The van der Waals surface area contributed by atoms with Gasteiger partial charge in [-0.15, -0.1) is 0 Å². The quantitative estimate of drug-likeness (QED) is 0.293. The van der Waals surface area contributed by atoms with Crippen molar-refractivity contribution in [1.82, 2.24) is 0 Å². The number of ketones is 1. The van der Waals surface area contributed by atoms with E-state index in [-0.39, 0.29) is 37.1 Å². The van der Waals surface area contributed by atoms with E-state index >= 15 is 0 Å². The smallest absolute Gasteiger partial charge is 0.303 e. The van der Waals surface area contributed by atoms with E-state index in [0.717, 1.165) is 19.3 Å². The van der Waals surface area contributed by atoms with E-state index in [0.29, 0.717) is 25.7 Å². The third-order valence-corrected chi connectivity index (χ3v) is 4.76. The van der Waals surface area contributed by atoms with Gasteiger partial charge in [0.2, 0.25) is 0 Å². The molecule has 0 aromatic heterocycles. The minimum absolute atomic E-state index is 0.0276. The van der Waals surface area contributed by atoms with Crippen LogP contribution >= 0.6 is 0 Å². The number of carbonyl (C=O) groups is 2. The number of aliphatic carboxylic acids is 1. The minimum atomic E-state index is -0.812. The molecule has 0 aromatic carbocycles. The lowest BCUT2D eigenvalue weighted by Gasteiger charge is -2.16. The first-order valence-electron chi connectivity index (χ1n) is 9.50. The summed E-state index contributed by atoms with van der Waals surface area (Å²) in [5.41, 5.74) is 0. The molecule has 1 fully saturated rings. The van der Waals surface area contributed by atoms with E-state index in [1.54, 1.807) is 12.2 Å². The van der Waals surface area contributed by atoms with Crippen LogP contribution in [0.25, 0.3) is 0 Å². The molecule has 0 spiro atoms. The van der Waals surface area contributed by atoms with E-state index < -0.39 is 18.2 Å². The number of Topliss-reactive ketones (excluding diaryl/α,β-unsaturated/α-hetero) is 1. The number of unbranched alkanes of at least 4 members (excludes halogenated alkanes) is 3. The van der Waals surface area contributed by atoms with Crippen molar-refractivity contribution in [1.29, 1.82) is 0 Å². The molecule has 26 heavy (non-hydrogen) atoms. The first-order valence-corrected chi connectivity index (χ1v) is 9.50. The van der Waals surface area contributed by atoms with Gasteiger partial charge in [0.15, 0.2) is 0 Å². The topological polar surface area (TPSA) is 115 Å². The van der Waals surface area contributed by atoms with E-state index in [4.69, 9.17) is 10.2 Å². The van der Waals surface area contributed by atoms with Gasteiger partial charge in [0.05, 0.1) is 12.2 Å². The summed E-state index contributed by atoms with van der Waals surface area (Å²) in [5, 5.41) is 37.4. The summed E-state index contributed by atoms with van der Waals surface area (Å²) >= 11 is 0. The van der Waals surface area contributed by atoms with E-state index in [1.807, 2.05) is 12.2 Å². The Morgan fingerprint density at radius 3 is 2.65 bits per heavy atom. The molecule has 0 aliphatic heterocycles. The molecule has 1 rings (SSSR count). The molecule has 0 aromatic rings. The number of hydrogen-bond donors (Lipinski definition) is 4. The Balaban J connectivity index is 2.45. The van der Waals surface area contributed by atoms with Crippen LogP contribution < -0.4 is 0 Å². The second kappa shape index (κ2) is 12.8.